The molecule has 1 aromatic rings. The summed E-state index contributed by atoms with van der Waals surface area (Å²) in [6.07, 6.45) is 0.177. The van der Waals surface area contributed by atoms with Gasteiger partial charge in [0.05, 0.1) is 17.4 Å². The number of carbonyl (C=O) groups is 1. The predicted molar refractivity (Wildman–Crippen MR) is 69.6 cm³/mol. The first-order valence-electron chi connectivity index (χ1n) is 5.70. The fourth-order valence-corrected chi connectivity index (χ4v) is 3.07. The Morgan fingerprint density at radius 2 is 2.00 bits per heavy atom. The number of amides is 1. The first kappa shape index (κ1) is 13.5. The van der Waals surface area contributed by atoms with Gasteiger partial charge in [0.15, 0.2) is 0 Å². The number of carbonyl (C=O) groups excluding carboxylic acids is 1. The summed E-state index contributed by atoms with van der Waals surface area (Å²) in [5.74, 6) is -0.595. The molecular weight excluding hydrogens is 266 g/mol. The van der Waals surface area contributed by atoms with Gasteiger partial charge in [-0.05, 0) is 24.3 Å². The molecular formula is C12H13N3O3S. The van der Waals surface area contributed by atoms with E-state index in [1.807, 2.05) is 6.07 Å². The van der Waals surface area contributed by atoms with E-state index in [1.54, 1.807) is 24.3 Å². The molecule has 0 spiro atoms. The standard InChI is InChI=1S/C12H13N3O3S/c13-6-9-1-3-11(4-2-9)15-7-10(5-12(15)16)8-19(14,17)18/h1-4,10H,5,7-8H2,(H2,14,17,18). The van der Waals surface area contributed by atoms with Crippen molar-refractivity contribution in [3.63, 3.8) is 0 Å². The van der Waals surface area contributed by atoms with Gasteiger partial charge in [0.1, 0.15) is 0 Å². The van der Waals surface area contributed by atoms with Gasteiger partial charge >= 0.3 is 0 Å². The fourth-order valence-electron chi connectivity index (χ4n) is 2.19. The number of primary sulfonamides is 1. The second kappa shape index (κ2) is 4.99. The molecule has 0 saturated carbocycles. The van der Waals surface area contributed by atoms with Gasteiger partial charge in [-0.3, -0.25) is 4.79 Å². The number of rotatable bonds is 3. The number of nitrogens with zero attached hydrogens (tertiary/aromatic N) is 2. The van der Waals surface area contributed by atoms with Crippen molar-refractivity contribution < 1.29 is 13.2 Å². The first-order valence-corrected chi connectivity index (χ1v) is 7.41. The Kier molecular flexibility index (Phi) is 3.55. The minimum atomic E-state index is -3.57. The van der Waals surface area contributed by atoms with Crippen LogP contribution in [-0.4, -0.2) is 26.6 Å². The molecule has 1 heterocycles. The molecule has 0 bridgehead atoms. The van der Waals surface area contributed by atoms with Crippen LogP contribution in [0.25, 0.3) is 0 Å². The van der Waals surface area contributed by atoms with Gasteiger partial charge in [0, 0.05) is 24.6 Å². The van der Waals surface area contributed by atoms with Crippen LogP contribution in [0.2, 0.25) is 0 Å². The molecule has 0 radical (unpaired) electrons. The molecule has 1 atom stereocenters. The van der Waals surface area contributed by atoms with E-state index in [0.29, 0.717) is 17.8 Å². The fraction of sp³-hybridized carbons (Fsp3) is 0.333. The summed E-state index contributed by atoms with van der Waals surface area (Å²) in [6.45, 7) is 0.334. The largest absolute Gasteiger partial charge is 0.312 e. The molecule has 1 aliphatic rings. The Morgan fingerprint density at radius 1 is 1.37 bits per heavy atom. The molecule has 100 valence electrons. The smallest absolute Gasteiger partial charge is 0.227 e. The van der Waals surface area contributed by atoms with Gasteiger partial charge in [-0.2, -0.15) is 5.26 Å². The number of hydrogen-bond acceptors (Lipinski definition) is 4. The van der Waals surface area contributed by atoms with Gasteiger partial charge in [0.25, 0.3) is 0 Å². The van der Waals surface area contributed by atoms with Gasteiger partial charge in [-0.15, -0.1) is 0 Å². The molecule has 1 amide bonds. The Hall–Kier alpha value is -1.91. The molecule has 19 heavy (non-hydrogen) atoms. The topological polar surface area (TPSA) is 104 Å². The molecule has 2 N–H and O–H groups in total. The Balaban J connectivity index is 2.13. The van der Waals surface area contributed by atoms with E-state index >= 15 is 0 Å². The Morgan fingerprint density at radius 3 is 2.53 bits per heavy atom. The molecule has 1 saturated heterocycles. The van der Waals surface area contributed by atoms with Crippen molar-refractivity contribution in [2.45, 2.75) is 6.42 Å². The number of nitriles is 1. The minimum absolute atomic E-state index is 0.127. The zero-order valence-electron chi connectivity index (χ0n) is 10.1. The number of hydrogen-bond donors (Lipinski definition) is 1. The van der Waals surface area contributed by atoms with E-state index in [9.17, 15) is 13.2 Å². The van der Waals surface area contributed by atoms with E-state index in [-0.39, 0.29) is 24.0 Å². The zero-order valence-corrected chi connectivity index (χ0v) is 10.9. The quantitative estimate of drug-likeness (QED) is 0.853. The molecule has 2 rings (SSSR count). The predicted octanol–water partition coefficient (Wildman–Crippen LogP) is 0.200. The van der Waals surface area contributed by atoms with E-state index in [2.05, 4.69) is 0 Å². The summed E-state index contributed by atoms with van der Waals surface area (Å²) in [5.41, 5.74) is 1.18. The lowest BCUT2D eigenvalue weighted by Crippen LogP contribution is -2.27. The second-order valence-electron chi connectivity index (χ2n) is 4.56. The van der Waals surface area contributed by atoms with E-state index in [4.69, 9.17) is 10.4 Å². The molecule has 7 heteroatoms. The van der Waals surface area contributed by atoms with E-state index < -0.39 is 10.0 Å². The molecule has 1 unspecified atom stereocenters. The Labute approximate surface area is 111 Å². The van der Waals surface area contributed by atoms with Crippen molar-refractivity contribution in [2.24, 2.45) is 11.1 Å². The molecule has 1 aliphatic heterocycles. The van der Waals surface area contributed by atoms with Crippen molar-refractivity contribution in [1.82, 2.24) is 0 Å². The van der Waals surface area contributed by atoms with Crippen LogP contribution >= 0.6 is 0 Å². The van der Waals surface area contributed by atoms with Gasteiger partial charge < -0.3 is 4.90 Å². The maximum Gasteiger partial charge on any atom is 0.227 e. The lowest BCUT2D eigenvalue weighted by Gasteiger charge is -2.16. The van der Waals surface area contributed by atoms with Crippen LogP contribution in [0.3, 0.4) is 0 Å². The highest BCUT2D eigenvalue weighted by Crippen LogP contribution is 2.25. The minimum Gasteiger partial charge on any atom is -0.312 e. The van der Waals surface area contributed by atoms with Crippen molar-refractivity contribution in [3.8, 4) is 6.07 Å². The van der Waals surface area contributed by atoms with Crippen molar-refractivity contribution >= 4 is 21.6 Å². The number of anilines is 1. The monoisotopic (exact) mass is 279 g/mol. The number of nitrogens with two attached hydrogens (primary N) is 1. The van der Waals surface area contributed by atoms with Gasteiger partial charge in [-0.1, -0.05) is 0 Å². The summed E-state index contributed by atoms with van der Waals surface area (Å²) < 4.78 is 22.1. The van der Waals surface area contributed by atoms with Crippen LogP contribution in [0.4, 0.5) is 5.69 Å². The molecule has 0 aromatic heterocycles. The lowest BCUT2D eigenvalue weighted by molar-refractivity contribution is -0.117. The number of sulfonamides is 1. The van der Waals surface area contributed by atoms with Crippen LogP contribution in [0.1, 0.15) is 12.0 Å². The second-order valence-corrected chi connectivity index (χ2v) is 6.22. The highest BCUT2D eigenvalue weighted by molar-refractivity contribution is 7.89. The number of benzene rings is 1. The SMILES string of the molecule is N#Cc1ccc(N2CC(CS(N)(=O)=O)CC2=O)cc1. The van der Waals surface area contributed by atoms with Crippen molar-refractivity contribution in [1.29, 1.82) is 5.26 Å². The highest BCUT2D eigenvalue weighted by atomic mass is 32.2. The molecule has 1 aromatic carbocycles. The summed E-state index contributed by atoms with van der Waals surface area (Å²) in [5, 5.41) is 13.7. The van der Waals surface area contributed by atoms with Crippen molar-refractivity contribution in [2.75, 3.05) is 17.2 Å². The van der Waals surface area contributed by atoms with Crippen LogP contribution in [-0.2, 0) is 14.8 Å². The van der Waals surface area contributed by atoms with E-state index in [1.165, 1.54) is 4.90 Å². The maximum atomic E-state index is 11.9. The van der Waals surface area contributed by atoms with Crippen LogP contribution in [0, 0.1) is 17.2 Å². The third-order valence-electron chi connectivity index (χ3n) is 2.98. The normalized spacial score (nSPS) is 19.5. The average Bonchev–Trinajstić information content (AvgIpc) is 2.68. The summed E-state index contributed by atoms with van der Waals surface area (Å²) in [6, 6.07) is 8.59. The summed E-state index contributed by atoms with van der Waals surface area (Å²) in [4.78, 5) is 13.4. The maximum absolute atomic E-state index is 11.9. The van der Waals surface area contributed by atoms with Crippen LogP contribution < -0.4 is 10.0 Å². The zero-order chi connectivity index (χ0) is 14.0. The molecule has 1 fully saturated rings. The van der Waals surface area contributed by atoms with Crippen LogP contribution in [0.15, 0.2) is 24.3 Å². The third kappa shape index (κ3) is 3.30. The summed E-state index contributed by atoms with van der Waals surface area (Å²) >= 11 is 0. The lowest BCUT2D eigenvalue weighted by atomic mass is 10.1. The van der Waals surface area contributed by atoms with Crippen LogP contribution in [0.5, 0.6) is 0 Å². The Bertz CT molecular complexity index is 631. The highest BCUT2D eigenvalue weighted by Gasteiger charge is 2.32. The van der Waals surface area contributed by atoms with Gasteiger partial charge in [-0.25, -0.2) is 13.6 Å². The average molecular weight is 279 g/mol. The van der Waals surface area contributed by atoms with E-state index in [0.717, 1.165) is 0 Å². The van der Waals surface area contributed by atoms with Crippen molar-refractivity contribution in [3.05, 3.63) is 29.8 Å². The molecule has 6 nitrogen and oxygen atoms in total. The first-order chi connectivity index (χ1) is 8.89. The van der Waals surface area contributed by atoms with Gasteiger partial charge in [0.2, 0.25) is 15.9 Å². The summed E-state index contributed by atoms with van der Waals surface area (Å²) in [7, 11) is -3.57. The molecule has 0 aliphatic carbocycles. The third-order valence-corrected chi connectivity index (χ3v) is 3.92.